The highest BCUT2D eigenvalue weighted by atomic mass is 16.6. The van der Waals surface area contributed by atoms with E-state index in [2.05, 4.69) is 31.2 Å². The Morgan fingerprint density at radius 1 is 1.09 bits per heavy atom. The second-order valence-electron chi connectivity index (χ2n) is 7.65. The molecule has 0 aliphatic heterocycles. The third kappa shape index (κ3) is 4.85. The fourth-order valence-corrected chi connectivity index (χ4v) is 3.20. The maximum atomic E-state index is 12.9. The van der Waals surface area contributed by atoms with Crippen molar-refractivity contribution in [1.82, 2.24) is 30.7 Å². The molecule has 2 heterocycles. The summed E-state index contributed by atoms with van der Waals surface area (Å²) >= 11 is 0. The molecule has 0 atom stereocenters. The normalized spacial score (nSPS) is 11.0. The molecule has 2 aromatic heterocycles. The van der Waals surface area contributed by atoms with E-state index < -0.39 is 5.91 Å². The molecule has 12 nitrogen and oxygen atoms in total. The molecule has 4 rings (SSSR count). The zero-order valence-corrected chi connectivity index (χ0v) is 19.0. The van der Waals surface area contributed by atoms with Gasteiger partial charge in [0.05, 0.1) is 18.5 Å². The SMILES string of the molecule is CN(C)c1ccc(/C=N/NC(=O)c2nnn(-c3nonc3N)c2CN(C)c2ccccc2)cc1. The Morgan fingerprint density at radius 3 is 2.47 bits per heavy atom. The van der Waals surface area contributed by atoms with Crippen LogP contribution in [0.15, 0.2) is 64.3 Å². The molecule has 0 unspecified atom stereocenters. The zero-order chi connectivity index (χ0) is 24.1. The lowest BCUT2D eigenvalue weighted by Gasteiger charge is -2.19. The predicted molar refractivity (Wildman–Crippen MR) is 128 cm³/mol. The minimum absolute atomic E-state index is 0.0275. The number of hydrogen-bond donors (Lipinski definition) is 2. The van der Waals surface area contributed by atoms with Crippen LogP contribution in [-0.4, -0.2) is 58.6 Å². The minimum Gasteiger partial charge on any atom is -0.378 e. The monoisotopic (exact) mass is 460 g/mol. The fraction of sp³-hybridized carbons (Fsp3) is 0.182. The Morgan fingerprint density at radius 2 is 1.82 bits per heavy atom. The first-order chi connectivity index (χ1) is 16.4. The van der Waals surface area contributed by atoms with Crippen LogP contribution in [0.2, 0.25) is 0 Å². The van der Waals surface area contributed by atoms with Crippen LogP contribution in [0.5, 0.6) is 0 Å². The highest BCUT2D eigenvalue weighted by molar-refractivity contribution is 5.94. The molecule has 0 radical (unpaired) electrons. The van der Waals surface area contributed by atoms with Gasteiger partial charge in [0.2, 0.25) is 11.6 Å². The Hall–Kier alpha value is -4.74. The molecule has 0 bridgehead atoms. The summed E-state index contributed by atoms with van der Waals surface area (Å²) in [7, 11) is 5.81. The van der Waals surface area contributed by atoms with Gasteiger partial charge in [-0.2, -0.15) is 9.78 Å². The molecular formula is C22H24N10O2. The van der Waals surface area contributed by atoms with E-state index >= 15 is 0 Å². The van der Waals surface area contributed by atoms with E-state index in [4.69, 9.17) is 10.4 Å². The summed E-state index contributed by atoms with van der Waals surface area (Å²) in [6.45, 7) is 0.280. The number of carbonyl (C=O) groups excluding carboxylic acids is 1. The summed E-state index contributed by atoms with van der Waals surface area (Å²) in [5.41, 5.74) is 11.7. The number of nitrogens with zero attached hydrogens (tertiary/aromatic N) is 8. The number of anilines is 3. The average molecular weight is 461 g/mol. The molecule has 34 heavy (non-hydrogen) atoms. The first-order valence-electron chi connectivity index (χ1n) is 10.3. The molecule has 12 heteroatoms. The van der Waals surface area contributed by atoms with Gasteiger partial charge in [0.25, 0.3) is 5.91 Å². The molecule has 0 saturated carbocycles. The van der Waals surface area contributed by atoms with E-state index in [1.54, 1.807) is 6.21 Å². The van der Waals surface area contributed by atoms with Crippen molar-refractivity contribution < 1.29 is 9.42 Å². The van der Waals surface area contributed by atoms with Gasteiger partial charge in [-0.15, -0.1) is 5.10 Å². The quantitative estimate of drug-likeness (QED) is 0.296. The lowest BCUT2D eigenvalue weighted by molar-refractivity contribution is 0.0949. The minimum atomic E-state index is -0.529. The number of rotatable bonds is 8. The Kier molecular flexibility index (Phi) is 6.48. The summed E-state index contributed by atoms with van der Waals surface area (Å²) in [4.78, 5) is 16.9. The molecule has 174 valence electrons. The van der Waals surface area contributed by atoms with E-state index in [-0.39, 0.29) is 23.9 Å². The van der Waals surface area contributed by atoms with Crippen molar-refractivity contribution in [3.05, 3.63) is 71.5 Å². The molecule has 0 saturated heterocycles. The van der Waals surface area contributed by atoms with Crippen molar-refractivity contribution in [3.63, 3.8) is 0 Å². The van der Waals surface area contributed by atoms with Crippen molar-refractivity contribution in [2.45, 2.75) is 6.54 Å². The molecule has 1 amide bonds. The maximum absolute atomic E-state index is 12.9. The van der Waals surface area contributed by atoms with Gasteiger partial charge in [-0.05, 0) is 40.1 Å². The highest BCUT2D eigenvalue weighted by Crippen LogP contribution is 2.20. The van der Waals surface area contributed by atoms with Crippen LogP contribution < -0.4 is 21.0 Å². The van der Waals surface area contributed by atoms with Crippen LogP contribution in [0.3, 0.4) is 0 Å². The molecule has 3 N–H and O–H groups in total. The van der Waals surface area contributed by atoms with E-state index in [0.717, 1.165) is 16.9 Å². The third-order valence-corrected chi connectivity index (χ3v) is 5.05. The van der Waals surface area contributed by atoms with Gasteiger partial charge in [0.15, 0.2) is 5.69 Å². The van der Waals surface area contributed by atoms with Crippen molar-refractivity contribution >= 4 is 29.3 Å². The molecule has 0 fully saturated rings. The van der Waals surface area contributed by atoms with E-state index in [0.29, 0.717) is 5.69 Å². The summed E-state index contributed by atoms with van der Waals surface area (Å²) in [6.07, 6.45) is 1.55. The lowest BCUT2D eigenvalue weighted by Crippen LogP contribution is -2.24. The van der Waals surface area contributed by atoms with Gasteiger partial charge >= 0.3 is 0 Å². The van der Waals surface area contributed by atoms with E-state index in [9.17, 15) is 4.79 Å². The summed E-state index contributed by atoms with van der Waals surface area (Å²) in [5, 5.41) is 19.5. The van der Waals surface area contributed by atoms with Crippen LogP contribution in [0.4, 0.5) is 17.2 Å². The zero-order valence-electron chi connectivity index (χ0n) is 19.0. The number of amides is 1. The number of nitrogens with one attached hydrogen (secondary N) is 1. The highest BCUT2D eigenvalue weighted by Gasteiger charge is 2.25. The summed E-state index contributed by atoms with van der Waals surface area (Å²) in [5.74, 6) is -0.356. The Balaban J connectivity index is 1.57. The van der Waals surface area contributed by atoms with Crippen molar-refractivity contribution in [1.29, 1.82) is 0 Å². The summed E-state index contributed by atoms with van der Waals surface area (Å²) in [6, 6.07) is 17.4. The van der Waals surface area contributed by atoms with Crippen LogP contribution in [0.1, 0.15) is 21.7 Å². The summed E-state index contributed by atoms with van der Waals surface area (Å²) < 4.78 is 6.03. The van der Waals surface area contributed by atoms with Crippen molar-refractivity contribution in [2.75, 3.05) is 36.7 Å². The first-order valence-corrected chi connectivity index (χ1v) is 10.3. The predicted octanol–water partition coefficient (Wildman–Crippen LogP) is 1.70. The topological polar surface area (TPSA) is 144 Å². The Bertz CT molecular complexity index is 1280. The molecule has 4 aromatic rings. The second-order valence-corrected chi connectivity index (χ2v) is 7.65. The number of hydrogen-bond acceptors (Lipinski definition) is 10. The smallest absolute Gasteiger partial charge is 0.293 e. The van der Waals surface area contributed by atoms with Crippen LogP contribution >= 0.6 is 0 Å². The number of nitrogen functional groups attached to an aromatic ring is 1. The van der Waals surface area contributed by atoms with Crippen molar-refractivity contribution in [3.8, 4) is 5.82 Å². The fourth-order valence-electron chi connectivity index (χ4n) is 3.20. The Labute approximate surface area is 195 Å². The average Bonchev–Trinajstić information content (AvgIpc) is 3.45. The largest absolute Gasteiger partial charge is 0.378 e. The van der Waals surface area contributed by atoms with E-state index in [1.165, 1.54) is 4.68 Å². The first kappa shape index (κ1) is 22.5. The second kappa shape index (κ2) is 9.81. The van der Waals surface area contributed by atoms with Gasteiger partial charge < -0.3 is 15.5 Å². The number of para-hydroxylation sites is 1. The van der Waals surface area contributed by atoms with Crippen LogP contribution in [0, 0.1) is 0 Å². The maximum Gasteiger partial charge on any atom is 0.293 e. The van der Waals surface area contributed by atoms with Gasteiger partial charge in [0.1, 0.15) is 0 Å². The van der Waals surface area contributed by atoms with Gasteiger partial charge in [-0.1, -0.05) is 35.5 Å². The number of carbonyl (C=O) groups is 1. The van der Waals surface area contributed by atoms with Crippen LogP contribution in [0.25, 0.3) is 5.82 Å². The molecular weight excluding hydrogens is 436 g/mol. The molecule has 0 aliphatic carbocycles. The number of nitrogens with two attached hydrogens (primary N) is 1. The van der Waals surface area contributed by atoms with E-state index in [1.807, 2.05) is 85.5 Å². The molecule has 0 spiro atoms. The van der Waals surface area contributed by atoms with Crippen molar-refractivity contribution in [2.24, 2.45) is 5.10 Å². The van der Waals surface area contributed by atoms with Gasteiger partial charge in [-0.25, -0.2) is 10.1 Å². The number of aromatic nitrogens is 5. The number of benzene rings is 2. The van der Waals surface area contributed by atoms with Gasteiger partial charge in [-0.3, -0.25) is 4.79 Å². The van der Waals surface area contributed by atoms with Gasteiger partial charge in [0, 0.05) is 32.5 Å². The third-order valence-electron chi connectivity index (χ3n) is 5.05. The standard InChI is InChI=1S/C22H24N10O2/c1-30(2)16-11-9-15(10-12-16)13-24-26-22(33)19-18(14-31(3)17-7-5-4-6-8-17)32(29-25-19)21-20(23)27-34-28-21/h4-13H,14H2,1-3H3,(H2,23,27)(H,26,33)/b24-13+. The lowest BCUT2D eigenvalue weighted by atomic mass is 10.2. The molecule has 2 aromatic carbocycles. The number of hydrazone groups is 1. The van der Waals surface area contributed by atoms with Crippen LogP contribution in [-0.2, 0) is 6.54 Å². The molecule has 0 aliphatic rings.